The summed E-state index contributed by atoms with van der Waals surface area (Å²) in [6, 6.07) is 13.4. The summed E-state index contributed by atoms with van der Waals surface area (Å²) in [5.74, 6) is -1.31. The molecule has 3 aromatic rings. The summed E-state index contributed by atoms with van der Waals surface area (Å²) in [5, 5.41) is 5.46. The number of H-pyrrole nitrogens is 1. The van der Waals surface area contributed by atoms with E-state index in [1.54, 1.807) is 12.1 Å². The lowest BCUT2D eigenvalue weighted by Crippen LogP contribution is -2.44. The molecule has 0 radical (unpaired) electrons. The van der Waals surface area contributed by atoms with Gasteiger partial charge in [0.15, 0.2) is 0 Å². The number of anilines is 1. The summed E-state index contributed by atoms with van der Waals surface area (Å²) in [7, 11) is 0. The van der Waals surface area contributed by atoms with Crippen molar-refractivity contribution in [2.45, 2.75) is 19.0 Å². The predicted octanol–water partition coefficient (Wildman–Crippen LogP) is 0.805. The molecule has 0 spiro atoms. The molecular formula is C19H16FN4O4+. The van der Waals surface area contributed by atoms with Gasteiger partial charge in [-0.15, -0.1) is 0 Å². The number of aromatic nitrogens is 2. The monoisotopic (exact) mass is 383 g/mol. The van der Waals surface area contributed by atoms with Crippen LogP contribution in [0, 0.1) is 5.82 Å². The maximum atomic E-state index is 13.1. The first-order chi connectivity index (χ1) is 13.5. The first kappa shape index (κ1) is 17.8. The second-order valence-corrected chi connectivity index (χ2v) is 6.28. The van der Waals surface area contributed by atoms with Crippen LogP contribution in [0.2, 0.25) is 0 Å². The van der Waals surface area contributed by atoms with Crippen molar-refractivity contribution < 1.29 is 23.2 Å². The number of amides is 2. The van der Waals surface area contributed by atoms with Gasteiger partial charge in [0.1, 0.15) is 5.82 Å². The van der Waals surface area contributed by atoms with Gasteiger partial charge in [0, 0.05) is 12.1 Å². The number of hydrogen-bond acceptors (Lipinski definition) is 5. The highest BCUT2D eigenvalue weighted by Gasteiger charge is 2.40. The van der Waals surface area contributed by atoms with Crippen LogP contribution in [-0.4, -0.2) is 23.1 Å². The number of carbonyl (C=O) groups is 2. The molecule has 0 aliphatic carbocycles. The Bertz CT molecular complexity index is 1080. The largest absolute Gasteiger partial charge is 0.431 e. The van der Waals surface area contributed by atoms with E-state index < -0.39 is 29.3 Å². The summed E-state index contributed by atoms with van der Waals surface area (Å²) in [6.45, 7) is 0.0155. The van der Waals surface area contributed by atoms with Crippen molar-refractivity contribution in [3.8, 4) is 5.69 Å². The number of rotatable bonds is 5. The highest BCUT2D eigenvalue weighted by atomic mass is 19.1. The van der Waals surface area contributed by atoms with Gasteiger partial charge in [-0.3, -0.25) is 19.4 Å². The fourth-order valence-corrected chi connectivity index (χ4v) is 3.10. The molecule has 1 aliphatic rings. The van der Waals surface area contributed by atoms with Crippen LogP contribution in [0.1, 0.15) is 12.1 Å². The van der Waals surface area contributed by atoms with Crippen molar-refractivity contribution in [3.63, 3.8) is 0 Å². The van der Waals surface area contributed by atoms with Gasteiger partial charge < -0.3 is 0 Å². The molecular weight excluding hydrogens is 367 g/mol. The Labute approximate surface area is 158 Å². The predicted molar refractivity (Wildman–Crippen MR) is 95.0 cm³/mol. The van der Waals surface area contributed by atoms with Crippen molar-refractivity contribution >= 4 is 17.5 Å². The quantitative estimate of drug-likeness (QED) is 0.502. The summed E-state index contributed by atoms with van der Waals surface area (Å²) in [4.78, 5) is 38.0. The first-order valence-corrected chi connectivity index (χ1v) is 8.58. The van der Waals surface area contributed by atoms with E-state index in [1.165, 1.54) is 28.9 Å². The van der Waals surface area contributed by atoms with E-state index in [0.29, 0.717) is 11.4 Å². The molecule has 1 aliphatic heterocycles. The third-order valence-corrected chi connectivity index (χ3v) is 4.50. The highest BCUT2D eigenvalue weighted by molar-refractivity contribution is 6.22. The Kier molecular flexibility index (Phi) is 4.58. The standard InChI is InChI=1S/C19H15FN4O4/c20-12-6-8-13(9-7-12)23-17(25)10-15(18(23)26)21-11-16-19(27)28-22-24(16)14-4-2-1-3-5-14/h1-9,15,21H,10-11H2/p+1. The molecule has 2 heterocycles. The van der Waals surface area contributed by atoms with E-state index in [4.69, 9.17) is 4.52 Å². The minimum atomic E-state index is -0.795. The van der Waals surface area contributed by atoms with Gasteiger partial charge in [-0.05, 0) is 34.2 Å². The third kappa shape index (κ3) is 3.23. The van der Waals surface area contributed by atoms with Crippen LogP contribution in [0.25, 0.3) is 5.69 Å². The normalized spacial score (nSPS) is 16.8. The Balaban J connectivity index is 1.52. The van der Waals surface area contributed by atoms with E-state index in [0.717, 1.165) is 4.90 Å². The molecule has 1 aromatic heterocycles. The van der Waals surface area contributed by atoms with Crippen LogP contribution < -0.4 is 20.5 Å². The van der Waals surface area contributed by atoms with Crippen LogP contribution in [-0.2, 0) is 16.1 Å². The Morgan fingerprint density at radius 1 is 1.11 bits per heavy atom. The van der Waals surface area contributed by atoms with E-state index >= 15 is 0 Å². The van der Waals surface area contributed by atoms with Crippen LogP contribution in [0.15, 0.2) is 63.9 Å². The Hall–Kier alpha value is -3.59. The third-order valence-electron chi connectivity index (χ3n) is 4.50. The second kappa shape index (κ2) is 7.20. The molecule has 4 rings (SSSR count). The fraction of sp³-hybridized carbons (Fsp3) is 0.158. The first-order valence-electron chi connectivity index (χ1n) is 8.58. The molecule has 1 saturated heterocycles. The topological polar surface area (TPSA) is 99.3 Å². The van der Waals surface area contributed by atoms with Gasteiger partial charge in [-0.25, -0.2) is 14.1 Å². The molecule has 28 heavy (non-hydrogen) atoms. The zero-order valence-electron chi connectivity index (χ0n) is 14.6. The number of nitrogens with one attached hydrogen (secondary N) is 2. The van der Waals surface area contributed by atoms with Gasteiger partial charge in [0.05, 0.1) is 24.7 Å². The Morgan fingerprint density at radius 3 is 2.54 bits per heavy atom. The molecule has 0 bridgehead atoms. The van der Waals surface area contributed by atoms with E-state index in [-0.39, 0.29) is 18.7 Å². The van der Waals surface area contributed by atoms with Crippen molar-refractivity contribution in [2.24, 2.45) is 0 Å². The molecule has 0 saturated carbocycles. The molecule has 2 aromatic carbocycles. The van der Waals surface area contributed by atoms with Crippen LogP contribution >= 0.6 is 0 Å². The molecule has 9 heteroatoms. The van der Waals surface area contributed by atoms with Crippen LogP contribution in [0.3, 0.4) is 0 Å². The number of halogens is 1. The number of aromatic amines is 1. The molecule has 2 N–H and O–H groups in total. The zero-order chi connectivity index (χ0) is 19.7. The zero-order valence-corrected chi connectivity index (χ0v) is 14.6. The van der Waals surface area contributed by atoms with Crippen molar-refractivity contribution in [2.75, 3.05) is 4.90 Å². The second-order valence-electron chi connectivity index (χ2n) is 6.28. The average Bonchev–Trinajstić information content (AvgIpc) is 3.20. The average molecular weight is 383 g/mol. The molecule has 1 unspecified atom stereocenters. The van der Waals surface area contributed by atoms with Crippen molar-refractivity contribution in [1.29, 1.82) is 0 Å². The summed E-state index contributed by atoms with van der Waals surface area (Å²) < 4.78 is 19.4. The Morgan fingerprint density at radius 2 is 1.82 bits per heavy atom. The molecule has 8 nitrogen and oxygen atoms in total. The lowest BCUT2D eigenvalue weighted by Gasteiger charge is -2.15. The molecule has 142 valence electrons. The molecule has 1 fully saturated rings. The number of para-hydroxylation sites is 1. The summed E-state index contributed by atoms with van der Waals surface area (Å²) >= 11 is 0. The van der Waals surface area contributed by atoms with Crippen molar-refractivity contribution in [1.82, 2.24) is 10.6 Å². The molecule has 2 amide bonds. The van der Waals surface area contributed by atoms with Gasteiger partial charge >= 0.3 is 11.3 Å². The van der Waals surface area contributed by atoms with Crippen molar-refractivity contribution in [3.05, 3.63) is 76.5 Å². The van der Waals surface area contributed by atoms with Crippen LogP contribution in [0.4, 0.5) is 10.1 Å². The smallest absolute Gasteiger partial charge is 0.296 e. The number of hydrogen-bond donors (Lipinski definition) is 2. The number of carbonyl (C=O) groups excluding carboxylic acids is 2. The minimum Gasteiger partial charge on any atom is -0.296 e. The van der Waals surface area contributed by atoms with E-state index in [9.17, 15) is 18.8 Å². The fourth-order valence-electron chi connectivity index (χ4n) is 3.10. The maximum absolute atomic E-state index is 13.1. The van der Waals surface area contributed by atoms with Crippen LogP contribution in [0.5, 0.6) is 0 Å². The van der Waals surface area contributed by atoms with Gasteiger partial charge in [-0.1, -0.05) is 18.2 Å². The van der Waals surface area contributed by atoms with Gasteiger partial charge in [0.25, 0.3) is 5.91 Å². The highest BCUT2D eigenvalue weighted by Crippen LogP contribution is 2.23. The summed E-state index contributed by atoms with van der Waals surface area (Å²) in [5.41, 5.74) is 0.670. The van der Waals surface area contributed by atoms with E-state index in [2.05, 4.69) is 10.6 Å². The molecule has 1 atom stereocenters. The lowest BCUT2D eigenvalue weighted by molar-refractivity contribution is -0.677. The summed E-state index contributed by atoms with van der Waals surface area (Å²) in [6.07, 6.45) is -0.0582. The van der Waals surface area contributed by atoms with E-state index in [1.807, 2.05) is 18.2 Å². The minimum absolute atomic E-state index is 0.0155. The SMILES string of the molecule is O=C1CC(NCc2c(=O)o[nH][n+]2-c2ccccc2)C(=O)N1c1ccc(F)cc1. The van der Waals surface area contributed by atoms with Gasteiger partial charge in [-0.2, -0.15) is 0 Å². The number of nitrogens with zero attached hydrogens (tertiary/aromatic N) is 2. The maximum Gasteiger partial charge on any atom is 0.431 e. The number of imide groups is 1. The number of benzene rings is 2. The van der Waals surface area contributed by atoms with Gasteiger partial charge in [0.2, 0.25) is 11.6 Å². The lowest BCUT2D eigenvalue weighted by atomic mass is 10.2.